The Morgan fingerprint density at radius 3 is 2.75 bits per heavy atom. The van der Waals surface area contributed by atoms with Crippen molar-refractivity contribution >= 4 is 16.1 Å². The third-order valence-corrected chi connectivity index (χ3v) is 3.16. The molecule has 0 aromatic rings. The summed E-state index contributed by atoms with van der Waals surface area (Å²) in [7, 11) is -0.476. The van der Waals surface area contributed by atoms with Crippen LogP contribution in [-0.2, 0) is 0 Å². The first-order valence-corrected chi connectivity index (χ1v) is 4.27. The van der Waals surface area contributed by atoms with Gasteiger partial charge >= 0.3 is 0 Å². The van der Waals surface area contributed by atoms with Gasteiger partial charge in [0.25, 0.3) is 5.24 Å². The average molecular weight is 134 g/mol. The van der Waals surface area contributed by atoms with E-state index >= 15 is 0 Å². The maximum absolute atomic E-state index is 10.4. The van der Waals surface area contributed by atoms with E-state index in [0.717, 1.165) is 18.2 Å². The summed E-state index contributed by atoms with van der Waals surface area (Å²) in [4.78, 5) is 10.4. The molecule has 1 fully saturated rings. The van der Waals surface area contributed by atoms with Gasteiger partial charge in [-0.2, -0.15) is 10.9 Å². The molecule has 8 heavy (non-hydrogen) atoms. The predicted octanol–water partition coefficient (Wildman–Crippen LogP) is -0.373. The highest BCUT2D eigenvalue weighted by atomic mass is 32.2. The third-order valence-electron chi connectivity index (χ3n) is 1.17. The maximum Gasteiger partial charge on any atom is 0.257 e. The Kier molecular flexibility index (Phi) is 1.75. The molecule has 0 saturated carbocycles. The number of rotatable bonds is 0. The lowest BCUT2D eigenvalue weighted by atomic mass is 10.8. The molecule has 1 rings (SSSR count). The monoisotopic (exact) mass is 134 g/mol. The molecule has 1 unspecified atom stereocenters. The lowest BCUT2D eigenvalue weighted by molar-refractivity contribution is 0.267. The van der Waals surface area contributed by atoms with Crippen LogP contribution in [0.4, 0.5) is 4.79 Å². The van der Waals surface area contributed by atoms with E-state index in [1.807, 2.05) is 0 Å². The molecule has 1 atom stereocenters. The zero-order chi connectivity index (χ0) is 5.98. The molecule has 3 N–H and O–H groups in total. The van der Waals surface area contributed by atoms with Crippen LogP contribution in [0.15, 0.2) is 0 Å². The van der Waals surface area contributed by atoms with Crippen LogP contribution in [0.2, 0.25) is 0 Å². The molecular weight excluding hydrogens is 124 g/mol. The zero-order valence-corrected chi connectivity index (χ0v) is 5.45. The topological polar surface area (TPSA) is 55.1 Å². The van der Waals surface area contributed by atoms with Crippen molar-refractivity contribution in [3.63, 3.8) is 0 Å². The SMILES string of the molecule is NC(=O)[SH]1CCNC1. The van der Waals surface area contributed by atoms with Crippen molar-refractivity contribution in [1.82, 2.24) is 5.32 Å². The summed E-state index contributed by atoms with van der Waals surface area (Å²) in [5.74, 6) is 1.81. The van der Waals surface area contributed by atoms with Crippen molar-refractivity contribution in [2.45, 2.75) is 0 Å². The molecule has 1 heterocycles. The lowest BCUT2D eigenvalue weighted by Gasteiger charge is -2.04. The molecule has 0 aromatic carbocycles. The van der Waals surface area contributed by atoms with Crippen molar-refractivity contribution < 1.29 is 4.79 Å². The molecule has 1 aliphatic rings. The second-order valence-corrected chi connectivity index (χ2v) is 4.04. The minimum Gasteiger partial charge on any atom is -0.362 e. The van der Waals surface area contributed by atoms with E-state index < -0.39 is 10.9 Å². The van der Waals surface area contributed by atoms with Crippen molar-refractivity contribution in [3.8, 4) is 0 Å². The normalized spacial score (nSPS) is 32.8. The molecule has 1 amide bonds. The minimum atomic E-state index is -0.476. The molecule has 3 nitrogen and oxygen atoms in total. The zero-order valence-electron chi connectivity index (χ0n) is 4.55. The summed E-state index contributed by atoms with van der Waals surface area (Å²) in [6.45, 7) is 0.967. The Hall–Kier alpha value is -0.220. The Labute approximate surface area is 51.0 Å². The molecule has 4 heteroatoms. The van der Waals surface area contributed by atoms with Crippen LogP contribution in [-0.4, -0.2) is 23.4 Å². The summed E-state index contributed by atoms with van der Waals surface area (Å²) in [5, 5.41) is 2.98. The average Bonchev–Trinajstić information content (AvgIpc) is 2.12. The molecular formula is C4H10N2OS. The van der Waals surface area contributed by atoms with Crippen molar-refractivity contribution in [3.05, 3.63) is 0 Å². The highest BCUT2D eigenvalue weighted by Crippen LogP contribution is 2.25. The van der Waals surface area contributed by atoms with Crippen LogP contribution in [0.25, 0.3) is 0 Å². The van der Waals surface area contributed by atoms with Gasteiger partial charge in [0, 0.05) is 12.4 Å². The molecule has 0 bridgehead atoms. The van der Waals surface area contributed by atoms with Gasteiger partial charge in [-0.05, 0) is 5.75 Å². The largest absolute Gasteiger partial charge is 0.362 e. The number of hydrogen-bond acceptors (Lipinski definition) is 2. The fraction of sp³-hybridized carbons (Fsp3) is 0.750. The van der Waals surface area contributed by atoms with Crippen molar-refractivity contribution in [2.75, 3.05) is 18.2 Å². The number of nitrogens with two attached hydrogens (primary N) is 1. The molecule has 0 radical (unpaired) electrons. The number of amides is 1. The van der Waals surface area contributed by atoms with Crippen molar-refractivity contribution in [2.24, 2.45) is 5.73 Å². The molecule has 0 aromatic heterocycles. The number of primary amides is 1. The van der Waals surface area contributed by atoms with E-state index in [-0.39, 0.29) is 5.24 Å². The van der Waals surface area contributed by atoms with E-state index in [1.165, 1.54) is 0 Å². The number of thiol groups is 1. The van der Waals surface area contributed by atoms with Gasteiger partial charge in [-0.25, -0.2) is 0 Å². The predicted molar refractivity (Wildman–Crippen MR) is 36.3 cm³/mol. The highest BCUT2D eigenvalue weighted by Gasteiger charge is 2.13. The number of carbonyl (C=O) groups excluding carboxylic acids is 1. The van der Waals surface area contributed by atoms with Crippen LogP contribution >= 0.6 is 10.9 Å². The summed E-state index contributed by atoms with van der Waals surface area (Å²) in [5.41, 5.74) is 5.05. The van der Waals surface area contributed by atoms with Crippen LogP contribution < -0.4 is 11.1 Å². The maximum atomic E-state index is 10.4. The standard InChI is InChI=1S/C4H10N2OS/c5-4(7)8-2-1-6-3-8/h6,8H,1-3H2,(H2,5,7). The number of nitrogens with one attached hydrogen (secondary N) is 1. The van der Waals surface area contributed by atoms with Gasteiger partial charge in [-0.1, -0.05) is 0 Å². The van der Waals surface area contributed by atoms with Gasteiger partial charge in [0.2, 0.25) is 0 Å². The minimum absolute atomic E-state index is 0.106. The van der Waals surface area contributed by atoms with Gasteiger partial charge in [0.05, 0.1) is 0 Å². The first-order chi connectivity index (χ1) is 3.80. The third kappa shape index (κ3) is 1.14. The van der Waals surface area contributed by atoms with Gasteiger partial charge in [0.15, 0.2) is 0 Å². The Bertz CT molecular complexity index is 100. The molecule has 1 saturated heterocycles. The fourth-order valence-corrected chi connectivity index (χ4v) is 2.09. The van der Waals surface area contributed by atoms with E-state index in [2.05, 4.69) is 5.32 Å². The highest BCUT2D eigenvalue weighted by molar-refractivity contribution is 8.29. The second kappa shape index (κ2) is 2.37. The summed E-state index contributed by atoms with van der Waals surface area (Å²) in [6.07, 6.45) is 0. The van der Waals surface area contributed by atoms with E-state index in [4.69, 9.17) is 5.73 Å². The van der Waals surface area contributed by atoms with Crippen LogP contribution in [0.5, 0.6) is 0 Å². The fourth-order valence-electron chi connectivity index (χ4n) is 0.695. The summed E-state index contributed by atoms with van der Waals surface area (Å²) in [6, 6.07) is 0. The Morgan fingerprint density at radius 2 is 2.50 bits per heavy atom. The molecule has 1 aliphatic heterocycles. The van der Waals surface area contributed by atoms with Crippen molar-refractivity contribution in [1.29, 1.82) is 0 Å². The van der Waals surface area contributed by atoms with Crippen LogP contribution in [0, 0.1) is 0 Å². The lowest BCUT2D eigenvalue weighted by Crippen LogP contribution is -2.11. The smallest absolute Gasteiger partial charge is 0.257 e. The molecule has 0 spiro atoms. The van der Waals surface area contributed by atoms with Gasteiger partial charge in [0.1, 0.15) is 0 Å². The first kappa shape index (κ1) is 5.91. The summed E-state index contributed by atoms with van der Waals surface area (Å²) >= 11 is 0. The van der Waals surface area contributed by atoms with Crippen LogP contribution in [0.1, 0.15) is 0 Å². The second-order valence-electron chi connectivity index (χ2n) is 1.76. The van der Waals surface area contributed by atoms with Gasteiger partial charge < -0.3 is 11.1 Å². The molecule has 48 valence electrons. The number of hydrogen-bond donors (Lipinski definition) is 3. The van der Waals surface area contributed by atoms with Crippen LogP contribution in [0.3, 0.4) is 0 Å². The van der Waals surface area contributed by atoms with Gasteiger partial charge in [-0.15, -0.1) is 0 Å². The quantitative estimate of drug-likeness (QED) is 0.396. The first-order valence-electron chi connectivity index (χ1n) is 2.56. The Morgan fingerprint density at radius 1 is 1.75 bits per heavy atom. The van der Waals surface area contributed by atoms with Gasteiger partial charge in [-0.3, -0.25) is 4.79 Å². The summed E-state index contributed by atoms with van der Waals surface area (Å²) < 4.78 is 0. The molecule has 0 aliphatic carbocycles. The van der Waals surface area contributed by atoms with E-state index in [0.29, 0.717) is 0 Å². The van der Waals surface area contributed by atoms with E-state index in [9.17, 15) is 4.79 Å². The Balaban J connectivity index is 2.35. The number of carbonyl (C=O) groups is 1. The van der Waals surface area contributed by atoms with E-state index in [1.54, 1.807) is 0 Å².